The Hall–Kier alpha value is -3.08. The Morgan fingerprint density at radius 1 is 1.00 bits per heavy atom. The van der Waals surface area contributed by atoms with Crippen LogP contribution in [0.5, 0.6) is 5.75 Å². The molecule has 3 rings (SSSR count). The average molecular weight is 324 g/mol. The second-order valence-corrected chi connectivity index (χ2v) is 5.28. The first-order chi connectivity index (χ1) is 11.7. The second-order valence-electron chi connectivity index (χ2n) is 5.28. The van der Waals surface area contributed by atoms with Crippen molar-refractivity contribution in [1.29, 1.82) is 0 Å². The maximum absolute atomic E-state index is 12.8. The highest BCUT2D eigenvalue weighted by Gasteiger charge is 2.03. The SMILES string of the molecule is O=C(COc1ccc(F)cc1)NCc1ccc(-n2cccc2)cc1. The van der Waals surface area contributed by atoms with E-state index in [0.29, 0.717) is 12.3 Å². The van der Waals surface area contributed by atoms with Crippen LogP contribution in [0.2, 0.25) is 0 Å². The number of hydrogen-bond acceptors (Lipinski definition) is 2. The maximum Gasteiger partial charge on any atom is 0.258 e. The number of nitrogens with zero attached hydrogens (tertiary/aromatic N) is 1. The molecule has 0 aliphatic carbocycles. The average Bonchev–Trinajstić information content (AvgIpc) is 3.14. The van der Waals surface area contributed by atoms with E-state index in [1.807, 2.05) is 53.4 Å². The number of carbonyl (C=O) groups is 1. The third kappa shape index (κ3) is 4.23. The van der Waals surface area contributed by atoms with Gasteiger partial charge in [0.15, 0.2) is 6.61 Å². The van der Waals surface area contributed by atoms with Gasteiger partial charge in [-0.1, -0.05) is 12.1 Å². The van der Waals surface area contributed by atoms with Gasteiger partial charge < -0.3 is 14.6 Å². The van der Waals surface area contributed by atoms with Crippen molar-refractivity contribution in [2.24, 2.45) is 0 Å². The number of ether oxygens (including phenoxy) is 1. The van der Waals surface area contributed by atoms with Crippen LogP contribution in [0.3, 0.4) is 0 Å². The van der Waals surface area contributed by atoms with E-state index in [1.165, 1.54) is 24.3 Å². The zero-order valence-corrected chi connectivity index (χ0v) is 13.0. The first kappa shape index (κ1) is 15.8. The summed E-state index contributed by atoms with van der Waals surface area (Å²) in [6.45, 7) is 0.324. The fraction of sp³-hybridized carbons (Fsp3) is 0.105. The monoisotopic (exact) mass is 324 g/mol. The molecular formula is C19H17FN2O2. The molecule has 122 valence electrons. The van der Waals surface area contributed by atoms with Gasteiger partial charge in [-0.3, -0.25) is 4.79 Å². The number of halogens is 1. The quantitative estimate of drug-likeness (QED) is 0.756. The molecule has 0 saturated heterocycles. The molecule has 1 N–H and O–H groups in total. The predicted octanol–water partition coefficient (Wildman–Crippen LogP) is 3.31. The highest BCUT2D eigenvalue weighted by atomic mass is 19.1. The van der Waals surface area contributed by atoms with Gasteiger partial charge in [0, 0.05) is 24.6 Å². The van der Waals surface area contributed by atoms with Crippen LogP contribution in [-0.4, -0.2) is 17.1 Å². The smallest absolute Gasteiger partial charge is 0.258 e. The third-order valence-electron chi connectivity index (χ3n) is 3.51. The summed E-state index contributed by atoms with van der Waals surface area (Å²) < 4.78 is 20.1. The van der Waals surface area contributed by atoms with E-state index in [2.05, 4.69) is 5.32 Å². The van der Waals surface area contributed by atoms with Crippen LogP contribution in [-0.2, 0) is 11.3 Å². The third-order valence-corrected chi connectivity index (χ3v) is 3.51. The van der Waals surface area contributed by atoms with Crippen LogP contribution in [0, 0.1) is 5.82 Å². The lowest BCUT2D eigenvalue weighted by atomic mass is 10.2. The van der Waals surface area contributed by atoms with Crippen molar-refractivity contribution in [3.05, 3.63) is 84.4 Å². The fourth-order valence-corrected chi connectivity index (χ4v) is 2.22. The molecule has 0 aliphatic rings. The van der Waals surface area contributed by atoms with Crippen molar-refractivity contribution < 1.29 is 13.9 Å². The normalized spacial score (nSPS) is 10.4. The van der Waals surface area contributed by atoms with E-state index in [0.717, 1.165) is 11.3 Å². The molecule has 5 heteroatoms. The fourth-order valence-electron chi connectivity index (χ4n) is 2.22. The Balaban J connectivity index is 1.46. The van der Waals surface area contributed by atoms with Crippen molar-refractivity contribution in [1.82, 2.24) is 9.88 Å². The summed E-state index contributed by atoms with van der Waals surface area (Å²) in [5, 5.41) is 2.79. The Morgan fingerprint density at radius 2 is 1.67 bits per heavy atom. The largest absolute Gasteiger partial charge is 0.484 e. The Kier molecular flexibility index (Phi) is 4.91. The first-order valence-electron chi connectivity index (χ1n) is 7.58. The van der Waals surface area contributed by atoms with Crippen molar-refractivity contribution in [2.45, 2.75) is 6.54 Å². The van der Waals surface area contributed by atoms with Crippen LogP contribution >= 0.6 is 0 Å². The number of amides is 1. The summed E-state index contributed by atoms with van der Waals surface area (Å²) in [4.78, 5) is 11.8. The molecule has 0 fully saturated rings. The van der Waals surface area contributed by atoms with E-state index < -0.39 is 0 Å². The Bertz CT molecular complexity index is 781. The van der Waals surface area contributed by atoms with Crippen molar-refractivity contribution in [2.75, 3.05) is 6.61 Å². The summed E-state index contributed by atoms with van der Waals surface area (Å²) in [6, 6.07) is 17.4. The minimum atomic E-state index is -0.338. The lowest BCUT2D eigenvalue weighted by molar-refractivity contribution is -0.123. The van der Waals surface area contributed by atoms with Gasteiger partial charge in [0.05, 0.1) is 0 Å². The number of carbonyl (C=O) groups excluding carboxylic acids is 1. The highest BCUT2D eigenvalue weighted by Crippen LogP contribution is 2.11. The van der Waals surface area contributed by atoms with Crippen molar-refractivity contribution in [3.8, 4) is 11.4 Å². The van der Waals surface area contributed by atoms with E-state index >= 15 is 0 Å². The molecule has 0 unspecified atom stereocenters. The van der Waals surface area contributed by atoms with Gasteiger partial charge in [-0.05, 0) is 54.1 Å². The summed E-state index contributed by atoms with van der Waals surface area (Å²) in [5.74, 6) is -0.105. The molecule has 0 aliphatic heterocycles. The van der Waals surface area contributed by atoms with Crippen LogP contribution in [0.4, 0.5) is 4.39 Å². The predicted molar refractivity (Wildman–Crippen MR) is 89.5 cm³/mol. The lowest BCUT2D eigenvalue weighted by Gasteiger charge is -2.08. The number of hydrogen-bond donors (Lipinski definition) is 1. The van der Waals surface area contributed by atoms with Crippen LogP contribution in [0.1, 0.15) is 5.56 Å². The molecule has 0 bridgehead atoms. The van der Waals surface area contributed by atoms with Crippen LogP contribution < -0.4 is 10.1 Å². The minimum absolute atomic E-state index is 0.104. The van der Waals surface area contributed by atoms with E-state index in [-0.39, 0.29) is 18.3 Å². The van der Waals surface area contributed by atoms with Crippen molar-refractivity contribution >= 4 is 5.91 Å². The zero-order valence-electron chi connectivity index (χ0n) is 13.0. The maximum atomic E-state index is 12.8. The van der Waals surface area contributed by atoms with Crippen molar-refractivity contribution in [3.63, 3.8) is 0 Å². The molecule has 0 atom stereocenters. The number of nitrogens with one attached hydrogen (secondary N) is 1. The van der Waals surface area contributed by atoms with Gasteiger partial charge in [-0.2, -0.15) is 0 Å². The Morgan fingerprint density at radius 3 is 2.33 bits per heavy atom. The number of aromatic nitrogens is 1. The molecule has 1 heterocycles. The molecular weight excluding hydrogens is 307 g/mol. The highest BCUT2D eigenvalue weighted by molar-refractivity contribution is 5.77. The van der Waals surface area contributed by atoms with Gasteiger partial charge in [-0.15, -0.1) is 0 Å². The molecule has 4 nitrogen and oxygen atoms in total. The van der Waals surface area contributed by atoms with Gasteiger partial charge in [0.2, 0.25) is 0 Å². The molecule has 1 aromatic heterocycles. The number of rotatable bonds is 6. The molecule has 0 saturated carbocycles. The second kappa shape index (κ2) is 7.46. The molecule has 1 amide bonds. The lowest BCUT2D eigenvalue weighted by Crippen LogP contribution is -2.28. The molecule has 24 heavy (non-hydrogen) atoms. The van der Waals surface area contributed by atoms with Crippen LogP contribution in [0.25, 0.3) is 5.69 Å². The first-order valence-corrected chi connectivity index (χ1v) is 7.58. The van der Waals surface area contributed by atoms with E-state index in [9.17, 15) is 9.18 Å². The summed E-state index contributed by atoms with van der Waals surface area (Å²) in [7, 11) is 0. The topological polar surface area (TPSA) is 43.3 Å². The summed E-state index contributed by atoms with van der Waals surface area (Å²) >= 11 is 0. The van der Waals surface area contributed by atoms with Gasteiger partial charge in [0.1, 0.15) is 11.6 Å². The van der Waals surface area contributed by atoms with Gasteiger partial charge in [0.25, 0.3) is 5.91 Å². The minimum Gasteiger partial charge on any atom is -0.484 e. The van der Waals surface area contributed by atoms with Gasteiger partial charge >= 0.3 is 0 Å². The molecule has 3 aromatic rings. The number of benzene rings is 2. The van der Waals surface area contributed by atoms with E-state index in [4.69, 9.17) is 4.74 Å². The summed E-state index contributed by atoms with van der Waals surface area (Å²) in [5.41, 5.74) is 2.07. The van der Waals surface area contributed by atoms with Crippen LogP contribution in [0.15, 0.2) is 73.1 Å². The molecule has 2 aromatic carbocycles. The van der Waals surface area contributed by atoms with E-state index in [1.54, 1.807) is 0 Å². The summed E-state index contributed by atoms with van der Waals surface area (Å²) in [6.07, 6.45) is 3.95. The standard InChI is InChI=1S/C19H17FN2O2/c20-16-5-9-18(10-6-16)24-14-19(23)21-13-15-3-7-17(8-4-15)22-11-1-2-12-22/h1-12H,13-14H2,(H,21,23). The molecule has 0 spiro atoms. The molecule has 0 radical (unpaired) electrons. The van der Waals surface area contributed by atoms with Gasteiger partial charge in [-0.25, -0.2) is 4.39 Å². The Labute approximate surface area is 139 Å². The zero-order chi connectivity index (χ0) is 16.8.